The van der Waals surface area contributed by atoms with Crippen LogP contribution in [-0.4, -0.2) is 16.8 Å². The average molecular weight is 325 g/mol. The van der Waals surface area contributed by atoms with Crippen molar-refractivity contribution in [1.29, 1.82) is 0 Å². The maximum absolute atomic E-state index is 12.7. The maximum atomic E-state index is 12.7. The molecule has 1 unspecified atom stereocenters. The Morgan fingerprint density at radius 3 is 2.50 bits per heavy atom. The largest absolute Gasteiger partial charge is 0.503 e. The summed E-state index contributed by atoms with van der Waals surface area (Å²) in [5.41, 5.74) is 1.60. The number of hydrogen-bond acceptors (Lipinski definition) is 4. The molecule has 0 bridgehead atoms. The third kappa shape index (κ3) is 2.42. The van der Waals surface area contributed by atoms with Gasteiger partial charge in [-0.25, -0.2) is 0 Å². The van der Waals surface area contributed by atoms with Crippen molar-refractivity contribution >= 4 is 17.4 Å². The summed E-state index contributed by atoms with van der Waals surface area (Å²) in [6.45, 7) is 5.35. The predicted molar refractivity (Wildman–Crippen MR) is 89.6 cm³/mol. The molecule has 3 rings (SSSR count). The molecule has 2 heterocycles. The molecule has 124 valence electrons. The molecule has 0 fully saturated rings. The van der Waals surface area contributed by atoms with E-state index in [-0.39, 0.29) is 17.3 Å². The summed E-state index contributed by atoms with van der Waals surface area (Å²) in [6, 6.07) is 9.99. The molecule has 1 aliphatic heterocycles. The number of ketones is 1. The van der Waals surface area contributed by atoms with E-state index in [2.05, 4.69) is 0 Å². The second kappa shape index (κ2) is 6.00. The molecular weight excluding hydrogens is 306 g/mol. The van der Waals surface area contributed by atoms with Crippen LogP contribution in [0.5, 0.6) is 0 Å². The quantitative estimate of drug-likeness (QED) is 0.930. The summed E-state index contributed by atoms with van der Waals surface area (Å²) in [4.78, 5) is 26.8. The van der Waals surface area contributed by atoms with Gasteiger partial charge in [0.25, 0.3) is 5.91 Å². The summed E-state index contributed by atoms with van der Waals surface area (Å²) in [6.07, 6.45) is 1.49. The van der Waals surface area contributed by atoms with Crippen LogP contribution in [0.1, 0.15) is 31.2 Å². The number of para-hydroxylation sites is 1. The van der Waals surface area contributed by atoms with Crippen molar-refractivity contribution < 1.29 is 19.1 Å². The topological polar surface area (TPSA) is 70.8 Å². The minimum atomic E-state index is -0.761. The molecular formula is C19H19NO4. The number of aryl methyl sites for hydroxylation is 1. The van der Waals surface area contributed by atoms with Crippen molar-refractivity contribution in [3.63, 3.8) is 0 Å². The van der Waals surface area contributed by atoms with Gasteiger partial charge in [-0.3, -0.25) is 14.5 Å². The van der Waals surface area contributed by atoms with E-state index in [4.69, 9.17) is 4.42 Å². The number of carbonyl (C=O) groups is 2. The van der Waals surface area contributed by atoms with Gasteiger partial charge in [0.2, 0.25) is 0 Å². The standard InChI is InChI=1S/C19H19NO4/c1-11(2)17(21)15-16(14-9-6-10-24-14)20(19(23)18(15)22)13-8-5-4-7-12(13)3/h4-11,16,22H,1-3H3. The Kier molecular flexibility index (Phi) is 4.01. The number of Topliss-reactive ketones (excluding diaryl/α,β-unsaturated/α-hetero) is 1. The number of rotatable bonds is 4. The second-order valence-corrected chi connectivity index (χ2v) is 6.16. The van der Waals surface area contributed by atoms with Crippen molar-refractivity contribution in [1.82, 2.24) is 0 Å². The first-order valence-corrected chi connectivity index (χ1v) is 7.83. The van der Waals surface area contributed by atoms with E-state index >= 15 is 0 Å². The third-order valence-electron chi connectivity index (χ3n) is 4.19. The van der Waals surface area contributed by atoms with Crippen LogP contribution >= 0.6 is 0 Å². The lowest BCUT2D eigenvalue weighted by Gasteiger charge is -2.26. The van der Waals surface area contributed by atoms with Gasteiger partial charge < -0.3 is 9.52 Å². The number of carbonyl (C=O) groups excluding carboxylic acids is 2. The fourth-order valence-electron chi connectivity index (χ4n) is 2.97. The minimum Gasteiger partial charge on any atom is -0.503 e. The van der Waals surface area contributed by atoms with E-state index in [0.717, 1.165) is 5.56 Å². The first-order valence-electron chi connectivity index (χ1n) is 7.83. The van der Waals surface area contributed by atoms with Gasteiger partial charge in [0.05, 0.1) is 11.8 Å². The summed E-state index contributed by atoms with van der Waals surface area (Å²) >= 11 is 0. The van der Waals surface area contributed by atoms with E-state index in [1.165, 1.54) is 11.2 Å². The maximum Gasteiger partial charge on any atom is 0.294 e. The number of amides is 1. The first kappa shape index (κ1) is 16.1. The van der Waals surface area contributed by atoms with E-state index in [1.807, 2.05) is 25.1 Å². The van der Waals surface area contributed by atoms with Crippen molar-refractivity contribution in [2.24, 2.45) is 5.92 Å². The Hall–Kier alpha value is -2.82. The molecule has 5 heteroatoms. The zero-order valence-electron chi connectivity index (χ0n) is 13.8. The number of furan rings is 1. The molecule has 1 aromatic heterocycles. The molecule has 5 nitrogen and oxygen atoms in total. The lowest BCUT2D eigenvalue weighted by Crippen LogP contribution is -2.31. The number of benzene rings is 1. The molecule has 0 saturated carbocycles. The van der Waals surface area contributed by atoms with Gasteiger partial charge in [-0.05, 0) is 30.7 Å². The average Bonchev–Trinajstić information content (AvgIpc) is 3.15. The van der Waals surface area contributed by atoms with Crippen LogP contribution in [0.3, 0.4) is 0 Å². The van der Waals surface area contributed by atoms with Gasteiger partial charge in [-0.2, -0.15) is 0 Å². The Bertz CT molecular complexity index is 818. The lowest BCUT2D eigenvalue weighted by molar-refractivity contribution is -0.119. The molecule has 1 aliphatic rings. The highest BCUT2D eigenvalue weighted by Gasteiger charge is 2.46. The van der Waals surface area contributed by atoms with Crippen molar-refractivity contribution in [3.05, 3.63) is 65.3 Å². The van der Waals surface area contributed by atoms with Crippen LogP contribution in [0.2, 0.25) is 0 Å². The van der Waals surface area contributed by atoms with Crippen molar-refractivity contribution in [3.8, 4) is 0 Å². The SMILES string of the molecule is Cc1ccccc1N1C(=O)C(O)=C(C(=O)C(C)C)C1c1ccco1. The molecule has 0 radical (unpaired) electrons. The van der Waals surface area contributed by atoms with Crippen molar-refractivity contribution in [2.75, 3.05) is 4.90 Å². The molecule has 1 amide bonds. The zero-order chi connectivity index (χ0) is 17.4. The number of anilines is 1. The van der Waals surface area contributed by atoms with Crippen molar-refractivity contribution in [2.45, 2.75) is 26.8 Å². The van der Waals surface area contributed by atoms with E-state index < -0.39 is 17.7 Å². The molecule has 1 aromatic carbocycles. The van der Waals surface area contributed by atoms with Gasteiger partial charge in [0.1, 0.15) is 11.8 Å². The smallest absolute Gasteiger partial charge is 0.294 e. The summed E-state index contributed by atoms with van der Waals surface area (Å²) in [5, 5.41) is 10.4. The summed E-state index contributed by atoms with van der Waals surface area (Å²) in [5.74, 6) is -1.25. The molecule has 2 aromatic rings. The van der Waals surface area contributed by atoms with Crippen LogP contribution in [0.4, 0.5) is 5.69 Å². The highest BCUT2D eigenvalue weighted by atomic mass is 16.3. The Morgan fingerprint density at radius 2 is 1.92 bits per heavy atom. The molecule has 0 saturated heterocycles. The number of nitrogens with zero attached hydrogens (tertiary/aromatic N) is 1. The fourth-order valence-corrected chi connectivity index (χ4v) is 2.97. The third-order valence-corrected chi connectivity index (χ3v) is 4.19. The monoisotopic (exact) mass is 325 g/mol. The zero-order valence-corrected chi connectivity index (χ0v) is 13.8. The van der Waals surface area contributed by atoms with Crippen LogP contribution in [0, 0.1) is 12.8 Å². The number of aliphatic hydroxyl groups excluding tert-OH is 1. The van der Waals surface area contributed by atoms with Crippen LogP contribution in [0.25, 0.3) is 0 Å². The van der Waals surface area contributed by atoms with Gasteiger partial charge in [0.15, 0.2) is 11.5 Å². The molecule has 0 spiro atoms. The number of aliphatic hydroxyl groups is 1. The number of hydrogen-bond donors (Lipinski definition) is 1. The molecule has 0 aliphatic carbocycles. The fraction of sp³-hybridized carbons (Fsp3) is 0.263. The Balaban J connectivity index is 2.19. The molecule has 24 heavy (non-hydrogen) atoms. The van der Waals surface area contributed by atoms with Gasteiger partial charge in [-0.1, -0.05) is 32.0 Å². The normalized spacial score (nSPS) is 17.9. The molecule has 1 N–H and O–H groups in total. The minimum absolute atomic E-state index is 0.0909. The highest BCUT2D eigenvalue weighted by molar-refractivity contribution is 6.16. The summed E-state index contributed by atoms with van der Waals surface area (Å²) in [7, 11) is 0. The van der Waals surface area contributed by atoms with Crippen LogP contribution in [0.15, 0.2) is 58.4 Å². The van der Waals surface area contributed by atoms with Gasteiger partial charge in [0, 0.05) is 11.6 Å². The van der Waals surface area contributed by atoms with Crippen LogP contribution in [-0.2, 0) is 9.59 Å². The first-order chi connectivity index (χ1) is 11.4. The predicted octanol–water partition coefficient (Wildman–Crippen LogP) is 3.71. The Labute approximate surface area is 140 Å². The van der Waals surface area contributed by atoms with Gasteiger partial charge >= 0.3 is 0 Å². The highest BCUT2D eigenvalue weighted by Crippen LogP contribution is 2.42. The van der Waals surface area contributed by atoms with Crippen LogP contribution < -0.4 is 4.90 Å². The van der Waals surface area contributed by atoms with E-state index in [9.17, 15) is 14.7 Å². The molecule has 1 atom stereocenters. The lowest BCUT2D eigenvalue weighted by atomic mass is 9.94. The van der Waals surface area contributed by atoms with Gasteiger partial charge in [-0.15, -0.1) is 0 Å². The second-order valence-electron chi connectivity index (χ2n) is 6.16. The van der Waals surface area contributed by atoms with E-state index in [1.54, 1.807) is 32.0 Å². The van der Waals surface area contributed by atoms with E-state index in [0.29, 0.717) is 11.4 Å². The Morgan fingerprint density at radius 1 is 1.21 bits per heavy atom. The summed E-state index contributed by atoms with van der Waals surface area (Å²) < 4.78 is 5.47.